The highest BCUT2D eigenvalue weighted by molar-refractivity contribution is 5.80. The van der Waals surface area contributed by atoms with Crippen molar-refractivity contribution in [2.75, 3.05) is 33.4 Å². The van der Waals surface area contributed by atoms with Crippen molar-refractivity contribution in [2.24, 2.45) is 4.99 Å². The molecule has 6 nitrogen and oxygen atoms in total. The van der Waals surface area contributed by atoms with Gasteiger partial charge in [-0.1, -0.05) is 12.8 Å². The van der Waals surface area contributed by atoms with Gasteiger partial charge in [0.05, 0.1) is 25.0 Å². The summed E-state index contributed by atoms with van der Waals surface area (Å²) in [5.41, 5.74) is 0.113. The van der Waals surface area contributed by atoms with Gasteiger partial charge in [0.2, 0.25) is 0 Å². The van der Waals surface area contributed by atoms with Crippen molar-refractivity contribution < 1.29 is 13.9 Å². The number of ether oxygens (including phenoxy) is 2. The summed E-state index contributed by atoms with van der Waals surface area (Å²) in [6.07, 6.45) is 9.66. The molecule has 140 valence electrons. The zero-order valence-corrected chi connectivity index (χ0v) is 15.3. The van der Waals surface area contributed by atoms with Crippen molar-refractivity contribution in [3.05, 3.63) is 24.2 Å². The van der Waals surface area contributed by atoms with Gasteiger partial charge in [-0.25, -0.2) is 0 Å². The van der Waals surface area contributed by atoms with Crippen LogP contribution in [0.3, 0.4) is 0 Å². The smallest absolute Gasteiger partial charge is 0.191 e. The van der Waals surface area contributed by atoms with Crippen molar-refractivity contribution in [3.63, 3.8) is 0 Å². The maximum Gasteiger partial charge on any atom is 0.191 e. The van der Waals surface area contributed by atoms with Crippen LogP contribution < -0.4 is 10.6 Å². The largest absolute Gasteiger partial charge is 0.469 e. The van der Waals surface area contributed by atoms with Gasteiger partial charge in [0, 0.05) is 32.7 Å². The Morgan fingerprint density at radius 1 is 1.40 bits per heavy atom. The summed E-state index contributed by atoms with van der Waals surface area (Å²) in [7, 11) is 1.70. The average Bonchev–Trinajstić information content (AvgIpc) is 3.28. The molecule has 1 unspecified atom stereocenters. The average molecular weight is 349 g/mol. The van der Waals surface area contributed by atoms with Crippen molar-refractivity contribution in [3.8, 4) is 0 Å². The fourth-order valence-electron chi connectivity index (χ4n) is 3.87. The minimum atomic E-state index is 0.113. The lowest BCUT2D eigenvalue weighted by atomic mass is 9.89. The van der Waals surface area contributed by atoms with Gasteiger partial charge in [-0.2, -0.15) is 0 Å². The highest BCUT2D eigenvalue weighted by atomic mass is 16.5. The molecule has 2 fully saturated rings. The normalized spacial score (nSPS) is 23.1. The molecular formula is C19H31N3O3. The molecule has 2 aliphatic rings. The van der Waals surface area contributed by atoms with Gasteiger partial charge in [0.15, 0.2) is 5.96 Å². The van der Waals surface area contributed by atoms with E-state index in [2.05, 4.69) is 15.6 Å². The molecule has 0 bridgehead atoms. The molecule has 1 saturated heterocycles. The molecule has 2 heterocycles. The number of nitrogens with one attached hydrogen (secondary N) is 2. The Morgan fingerprint density at radius 3 is 3.04 bits per heavy atom. The van der Waals surface area contributed by atoms with E-state index in [1.54, 1.807) is 13.4 Å². The van der Waals surface area contributed by atoms with Gasteiger partial charge in [-0.15, -0.1) is 0 Å². The predicted molar refractivity (Wildman–Crippen MR) is 97.9 cm³/mol. The van der Waals surface area contributed by atoms with E-state index in [9.17, 15) is 0 Å². The first kappa shape index (κ1) is 18.3. The summed E-state index contributed by atoms with van der Waals surface area (Å²) in [6.45, 7) is 2.92. The molecule has 1 saturated carbocycles. The van der Waals surface area contributed by atoms with Crippen LogP contribution in [-0.2, 0) is 15.9 Å². The third-order valence-electron chi connectivity index (χ3n) is 5.16. The molecule has 25 heavy (non-hydrogen) atoms. The first-order chi connectivity index (χ1) is 12.3. The maximum absolute atomic E-state index is 6.13. The summed E-state index contributed by atoms with van der Waals surface area (Å²) in [5.74, 6) is 1.85. The number of guanidine groups is 1. The number of rotatable bonds is 7. The molecule has 0 amide bonds. The van der Waals surface area contributed by atoms with E-state index >= 15 is 0 Å². The molecule has 1 atom stereocenters. The molecule has 1 aliphatic heterocycles. The van der Waals surface area contributed by atoms with E-state index in [-0.39, 0.29) is 5.60 Å². The SMILES string of the molecule is COCCN=C(NCCc1ccco1)NC1CCOC2(CCCC2)C1. The lowest BCUT2D eigenvalue weighted by Gasteiger charge is -2.39. The summed E-state index contributed by atoms with van der Waals surface area (Å²) in [4.78, 5) is 4.64. The minimum absolute atomic E-state index is 0.113. The van der Waals surface area contributed by atoms with Gasteiger partial charge in [-0.05, 0) is 37.8 Å². The molecule has 0 radical (unpaired) electrons. The van der Waals surface area contributed by atoms with Crippen LogP contribution in [0.2, 0.25) is 0 Å². The van der Waals surface area contributed by atoms with Gasteiger partial charge in [0.25, 0.3) is 0 Å². The van der Waals surface area contributed by atoms with E-state index in [0.717, 1.165) is 44.1 Å². The Balaban J connectivity index is 1.52. The van der Waals surface area contributed by atoms with E-state index in [1.165, 1.54) is 25.7 Å². The Bertz CT molecular complexity index is 524. The molecule has 0 aromatic carbocycles. The quantitative estimate of drug-likeness (QED) is 0.450. The summed E-state index contributed by atoms with van der Waals surface area (Å²) in [5, 5.41) is 7.04. The Labute approximate surface area is 150 Å². The lowest BCUT2D eigenvalue weighted by molar-refractivity contribution is -0.0815. The van der Waals surface area contributed by atoms with E-state index in [1.807, 2.05) is 12.1 Å². The molecule has 1 aromatic rings. The number of hydrogen-bond donors (Lipinski definition) is 2. The number of aliphatic imine (C=N–C) groups is 1. The topological polar surface area (TPSA) is 68.0 Å². The van der Waals surface area contributed by atoms with Crippen molar-refractivity contribution >= 4 is 5.96 Å². The predicted octanol–water partition coefficient (Wildman–Crippen LogP) is 2.50. The van der Waals surface area contributed by atoms with Gasteiger partial charge >= 0.3 is 0 Å². The molecule has 1 aliphatic carbocycles. The summed E-state index contributed by atoms with van der Waals surface area (Å²) >= 11 is 0. The van der Waals surface area contributed by atoms with Crippen LogP contribution in [0.15, 0.2) is 27.8 Å². The van der Waals surface area contributed by atoms with Crippen molar-refractivity contribution in [1.82, 2.24) is 10.6 Å². The van der Waals surface area contributed by atoms with Crippen molar-refractivity contribution in [2.45, 2.75) is 56.6 Å². The van der Waals surface area contributed by atoms with Crippen LogP contribution in [0.4, 0.5) is 0 Å². The van der Waals surface area contributed by atoms with Crippen LogP contribution in [0.25, 0.3) is 0 Å². The van der Waals surface area contributed by atoms with Crippen LogP contribution in [0, 0.1) is 0 Å². The first-order valence-corrected chi connectivity index (χ1v) is 9.50. The molecule has 6 heteroatoms. The van der Waals surface area contributed by atoms with Gasteiger partial charge in [-0.3, -0.25) is 4.99 Å². The first-order valence-electron chi connectivity index (χ1n) is 9.50. The Hall–Kier alpha value is -1.53. The third-order valence-corrected chi connectivity index (χ3v) is 5.16. The van der Waals surface area contributed by atoms with E-state index in [4.69, 9.17) is 13.9 Å². The fourth-order valence-corrected chi connectivity index (χ4v) is 3.87. The summed E-state index contributed by atoms with van der Waals surface area (Å²) in [6, 6.07) is 4.34. The zero-order valence-electron chi connectivity index (χ0n) is 15.3. The second-order valence-corrected chi connectivity index (χ2v) is 7.05. The minimum Gasteiger partial charge on any atom is -0.469 e. The van der Waals surface area contributed by atoms with Crippen LogP contribution >= 0.6 is 0 Å². The van der Waals surface area contributed by atoms with Crippen LogP contribution in [-0.4, -0.2) is 51.0 Å². The molecule has 3 rings (SSSR count). The molecule has 1 aromatic heterocycles. The van der Waals surface area contributed by atoms with Crippen LogP contribution in [0.5, 0.6) is 0 Å². The van der Waals surface area contributed by atoms with E-state index < -0.39 is 0 Å². The standard InChI is InChI=1S/C19H31N3O3/c1-23-14-11-21-18(20-10-6-17-5-4-12-24-17)22-16-7-13-25-19(15-16)8-2-3-9-19/h4-5,12,16H,2-3,6-11,13-15H2,1H3,(H2,20,21,22). The third kappa shape index (κ3) is 5.47. The van der Waals surface area contributed by atoms with Crippen LogP contribution in [0.1, 0.15) is 44.3 Å². The highest BCUT2D eigenvalue weighted by Crippen LogP contribution is 2.39. The number of furan rings is 1. The maximum atomic E-state index is 6.13. The fraction of sp³-hybridized carbons (Fsp3) is 0.737. The summed E-state index contributed by atoms with van der Waals surface area (Å²) < 4.78 is 16.6. The molecule has 1 spiro atoms. The Morgan fingerprint density at radius 2 is 2.28 bits per heavy atom. The number of methoxy groups -OCH3 is 1. The lowest BCUT2D eigenvalue weighted by Crippen LogP contribution is -2.51. The monoisotopic (exact) mass is 349 g/mol. The number of nitrogens with zero attached hydrogens (tertiary/aromatic N) is 1. The highest BCUT2D eigenvalue weighted by Gasteiger charge is 2.40. The molecule has 2 N–H and O–H groups in total. The van der Waals surface area contributed by atoms with Gasteiger partial charge < -0.3 is 24.5 Å². The Kier molecular flexibility index (Phi) is 6.76. The van der Waals surface area contributed by atoms with Crippen molar-refractivity contribution in [1.29, 1.82) is 0 Å². The second-order valence-electron chi connectivity index (χ2n) is 7.05. The number of hydrogen-bond acceptors (Lipinski definition) is 4. The van der Waals surface area contributed by atoms with Gasteiger partial charge in [0.1, 0.15) is 5.76 Å². The molecular weight excluding hydrogens is 318 g/mol. The second kappa shape index (κ2) is 9.25. The zero-order chi connectivity index (χ0) is 17.4. The van der Waals surface area contributed by atoms with E-state index in [0.29, 0.717) is 19.2 Å².